The lowest BCUT2D eigenvalue weighted by Crippen LogP contribution is -2.32. The second-order valence-corrected chi connectivity index (χ2v) is 5.96. The lowest BCUT2D eigenvalue weighted by atomic mass is 10.1. The molecule has 0 saturated heterocycles. The van der Waals surface area contributed by atoms with Crippen molar-refractivity contribution in [2.45, 2.75) is 13.3 Å². The van der Waals surface area contributed by atoms with Crippen molar-refractivity contribution >= 4 is 23.1 Å². The highest BCUT2D eigenvalue weighted by atomic mass is 32.1. The third-order valence-corrected chi connectivity index (χ3v) is 4.08. The van der Waals surface area contributed by atoms with Crippen LogP contribution in [0.25, 0.3) is 10.4 Å². The Kier molecular flexibility index (Phi) is 5.78. The van der Waals surface area contributed by atoms with Gasteiger partial charge in [-0.3, -0.25) is 0 Å². The van der Waals surface area contributed by atoms with E-state index >= 15 is 0 Å². The highest BCUT2D eigenvalue weighted by molar-refractivity contribution is 7.13. The molecule has 0 saturated carbocycles. The van der Waals surface area contributed by atoms with Crippen LogP contribution in [-0.4, -0.2) is 24.3 Å². The Morgan fingerprint density at radius 3 is 2.90 bits per heavy atom. The van der Waals surface area contributed by atoms with E-state index in [9.17, 15) is 4.79 Å². The van der Waals surface area contributed by atoms with E-state index in [-0.39, 0.29) is 18.6 Å². The molecule has 3 N–H and O–H groups in total. The molecule has 0 aliphatic carbocycles. The average molecular weight is 304 g/mol. The first-order valence-corrected chi connectivity index (χ1v) is 7.86. The molecule has 1 atom stereocenters. The zero-order chi connectivity index (χ0) is 15.1. The van der Waals surface area contributed by atoms with Crippen LogP contribution in [0, 0.1) is 5.92 Å². The van der Waals surface area contributed by atoms with E-state index in [1.54, 1.807) is 11.3 Å². The van der Waals surface area contributed by atoms with Crippen LogP contribution in [0.15, 0.2) is 41.8 Å². The van der Waals surface area contributed by atoms with Gasteiger partial charge in [0.15, 0.2) is 0 Å². The minimum atomic E-state index is -0.219. The number of carbonyl (C=O) groups excluding carboxylic acids is 1. The molecule has 1 aromatic heterocycles. The Morgan fingerprint density at radius 2 is 2.19 bits per heavy atom. The number of anilines is 1. The van der Waals surface area contributed by atoms with Gasteiger partial charge in [0.2, 0.25) is 0 Å². The molecule has 0 fully saturated rings. The number of rotatable bonds is 6. The van der Waals surface area contributed by atoms with Gasteiger partial charge in [0, 0.05) is 23.7 Å². The molecule has 2 aromatic rings. The second kappa shape index (κ2) is 7.81. The fraction of sp³-hybridized carbons (Fsp3) is 0.312. The minimum Gasteiger partial charge on any atom is -0.396 e. The van der Waals surface area contributed by atoms with Crippen molar-refractivity contribution in [1.29, 1.82) is 0 Å². The van der Waals surface area contributed by atoms with Gasteiger partial charge in [0.1, 0.15) is 0 Å². The summed E-state index contributed by atoms with van der Waals surface area (Å²) in [5.41, 5.74) is 1.87. The molecule has 5 heteroatoms. The SMILES string of the molecule is CC(CCO)CNC(=O)Nc1cccc(-c2cccs2)c1. The maximum atomic E-state index is 11.8. The van der Waals surface area contributed by atoms with Crippen LogP contribution in [0.1, 0.15) is 13.3 Å². The summed E-state index contributed by atoms with van der Waals surface area (Å²) in [5, 5.41) is 16.5. The van der Waals surface area contributed by atoms with E-state index in [1.807, 2.05) is 42.6 Å². The first-order chi connectivity index (χ1) is 10.2. The maximum Gasteiger partial charge on any atom is 0.319 e. The van der Waals surface area contributed by atoms with E-state index in [0.29, 0.717) is 13.0 Å². The van der Waals surface area contributed by atoms with Gasteiger partial charge in [-0.05, 0) is 41.5 Å². The van der Waals surface area contributed by atoms with Crippen molar-refractivity contribution in [2.24, 2.45) is 5.92 Å². The van der Waals surface area contributed by atoms with E-state index in [1.165, 1.54) is 4.88 Å². The summed E-state index contributed by atoms with van der Waals surface area (Å²) in [7, 11) is 0. The topological polar surface area (TPSA) is 61.4 Å². The molecule has 0 aliphatic heterocycles. The first kappa shape index (κ1) is 15.5. The fourth-order valence-corrected chi connectivity index (χ4v) is 2.68. The third kappa shape index (κ3) is 4.88. The molecule has 0 bridgehead atoms. The monoisotopic (exact) mass is 304 g/mol. The largest absolute Gasteiger partial charge is 0.396 e. The molecule has 1 aromatic carbocycles. The summed E-state index contributed by atoms with van der Waals surface area (Å²) in [6, 6.07) is 11.6. The van der Waals surface area contributed by atoms with Crippen LogP contribution < -0.4 is 10.6 Å². The number of carbonyl (C=O) groups is 1. The molecule has 2 amide bonds. The van der Waals surface area contributed by atoms with Gasteiger partial charge in [-0.25, -0.2) is 4.79 Å². The van der Waals surface area contributed by atoms with Crippen LogP contribution in [0.3, 0.4) is 0 Å². The van der Waals surface area contributed by atoms with Crippen molar-refractivity contribution in [1.82, 2.24) is 5.32 Å². The summed E-state index contributed by atoms with van der Waals surface area (Å²) in [4.78, 5) is 13.0. The number of benzene rings is 1. The number of aliphatic hydroxyl groups is 1. The highest BCUT2D eigenvalue weighted by Gasteiger charge is 2.06. The van der Waals surface area contributed by atoms with Crippen molar-refractivity contribution in [3.63, 3.8) is 0 Å². The zero-order valence-corrected chi connectivity index (χ0v) is 12.8. The van der Waals surface area contributed by atoms with Gasteiger partial charge >= 0.3 is 6.03 Å². The predicted octanol–water partition coefficient (Wildman–Crippen LogP) is 3.56. The smallest absolute Gasteiger partial charge is 0.319 e. The Morgan fingerprint density at radius 1 is 1.33 bits per heavy atom. The number of hydrogen-bond donors (Lipinski definition) is 3. The van der Waals surface area contributed by atoms with Crippen LogP contribution in [0.2, 0.25) is 0 Å². The van der Waals surface area contributed by atoms with E-state index in [2.05, 4.69) is 16.7 Å². The zero-order valence-electron chi connectivity index (χ0n) is 12.0. The Balaban J connectivity index is 1.91. The van der Waals surface area contributed by atoms with Crippen LogP contribution in [-0.2, 0) is 0 Å². The molecular weight excluding hydrogens is 284 g/mol. The molecule has 1 unspecified atom stereocenters. The average Bonchev–Trinajstić information content (AvgIpc) is 3.00. The van der Waals surface area contributed by atoms with E-state index in [4.69, 9.17) is 5.11 Å². The lowest BCUT2D eigenvalue weighted by molar-refractivity contribution is 0.243. The molecule has 112 valence electrons. The van der Waals surface area contributed by atoms with Crippen molar-refractivity contribution in [3.8, 4) is 10.4 Å². The summed E-state index contributed by atoms with van der Waals surface area (Å²) in [6.45, 7) is 2.69. The molecule has 21 heavy (non-hydrogen) atoms. The Hall–Kier alpha value is -1.85. The number of hydrogen-bond acceptors (Lipinski definition) is 3. The maximum absolute atomic E-state index is 11.8. The van der Waals surface area contributed by atoms with Crippen LogP contribution in [0.4, 0.5) is 10.5 Å². The van der Waals surface area contributed by atoms with Gasteiger partial charge in [0.25, 0.3) is 0 Å². The lowest BCUT2D eigenvalue weighted by Gasteiger charge is -2.12. The van der Waals surface area contributed by atoms with Crippen molar-refractivity contribution in [2.75, 3.05) is 18.5 Å². The number of urea groups is 1. The Labute approximate surface area is 128 Å². The molecule has 1 heterocycles. The standard InChI is InChI=1S/C16H20N2O2S/c1-12(7-8-19)11-17-16(20)18-14-5-2-4-13(10-14)15-6-3-9-21-15/h2-6,9-10,12,19H,7-8,11H2,1H3,(H2,17,18,20). The van der Waals surface area contributed by atoms with Crippen LogP contribution in [0.5, 0.6) is 0 Å². The molecule has 4 nitrogen and oxygen atoms in total. The predicted molar refractivity (Wildman–Crippen MR) is 87.6 cm³/mol. The summed E-state index contributed by atoms with van der Waals surface area (Å²) in [6.07, 6.45) is 0.689. The van der Waals surface area contributed by atoms with Gasteiger partial charge in [-0.1, -0.05) is 25.1 Å². The van der Waals surface area contributed by atoms with Crippen LogP contribution >= 0.6 is 11.3 Å². The van der Waals surface area contributed by atoms with E-state index in [0.717, 1.165) is 11.3 Å². The molecule has 0 radical (unpaired) electrons. The van der Waals surface area contributed by atoms with Gasteiger partial charge < -0.3 is 15.7 Å². The summed E-state index contributed by atoms with van der Waals surface area (Å²) >= 11 is 1.67. The van der Waals surface area contributed by atoms with Crippen molar-refractivity contribution in [3.05, 3.63) is 41.8 Å². The number of thiophene rings is 1. The molecule has 0 aliphatic rings. The third-order valence-electron chi connectivity index (χ3n) is 3.16. The van der Waals surface area contributed by atoms with Gasteiger partial charge in [0.05, 0.1) is 0 Å². The molecule has 0 spiro atoms. The number of aliphatic hydroxyl groups excluding tert-OH is 1. The highest BCUT2D eigenvalue weighted by Crippen LogP contribution is 2.26. The minimum absolute atomic E-state index is 0.146. The normalized spacial score (nSPS) is 11.9. The number of nitrogens with one attached hydrogen (secondary N) is 2. The second-order valence-electron chi connectivity index (χ2n) is 5.01. The van der Waals surface area contributed by atoms with E-state index < -0.39 is 0 Å². The van der Waals surface area contributed by atoms with Gasteiger partial charge in [-0.2, -0.15) is 0 Å². The molecule has 2 rings (SSSR count). The first-order valence-electron chi connectivity index (χ1n) is 6.98. The Bertz CT molecular complexity index is 569. The molecular formula is C16H20N2O2S. The summed E-state index contributed by atoms with van der Waals surface area (Å²) < 4.78 is 0. The number of amides is 2. The van der Waals surface area contributed by atoms with Gasteiger partial charge in [-0.15, -0.1) is 11.3 Å². The quantitative estimate of drug-likeness (QED) is 0.764. The van der Waals surface area contributed by atoms with Crippen molar-refractivity contribution < 1.29 is 9.90 Å². The summed E-state index contributed by atoms with van der Waals surface area (Å²) in [5.74, 6) is 0.262. The fourth-order valence-electron chi connectivity index (χ4n) is 1.96.